The minimum absolute atomic E-state index is 0.285. The van der Waals surface area contributed by atoms with E-state index < -0.39 is 0 Å². The molecule has 96 valence electrons. The molecule has 1 saturated carbocycles. The summed E-state index contributed by atoms with van der Waals surface area (Å²) in [5, 5.41) is 18.8. The zero-order chi connectivity index (χ0) is 13.2. The summed E-state index contributed by atoms with van der Waals surface area (Å²) < 4.78 is 0. The highest BCUT2D eigenvalue weighted by molar-refractivity contribution is 5.83. The molecule has 2 heteroatoms. The number of hydrogen-bond donors (Lipinski definition) is 2. The number of rotatable bonds is 2. The number of allylic oxidation sites excluding steroid dienone is 1. The van der Waals surface area contributed by atoms with Gasteiger partial charge in [0.1, 0.15) is 11.5 Å². The van der Waals surface area contributed by atoms with Crippen LogP contribution in [0, 0.1) is 0 Å². The largest absolute Gasteiger partial charge is 0.508 e. The van der Waals surface area contributed by atoms with E-state index in [1.165, 1.54) is 17.6 Å². The van der Waals surface area contributed by atoms with Crippen molar-refractivity contribution in [2.24, 2.45) is 0 Å². The smallest absolute Gasteiger partial charge is 0.115 e. The number of hydrogen-bond acceptors (Lipinski definition) is 2. The minimum Gasteiger partial charge on any atom is -0.508 e. The van der Waals surface area contributed by atoms with Gasteiger partial charge in [0.25, 0.3) is 0 Å². The molecular weight excluding hydrogens is 236 g/mol. The fourth-order valence-corrected chi connectivity index (χ4v) is 2.43. The van der Waals surface area contributed by atoms with Crippen LogP contribution in [0.15, 0.2) is 54.1 Å². The molecule has 0 heterocycles. The Balaban J connectivity index is 2.09. The topological polar surface area (TPSA) is 40.5 Å². The second-order valence-corrected chi connectivity index (χ2v) is 4.93. The first-order valence-electron chi connectivity index (χ1n) is 6.55. The number of phenols is 2. The molecular formula is C17H16O2. The van der Waals surface area contributed by atoms with Gasteiger partial charge in [-0.3, -0.25) is 0 Å². The summed E-state index contributed by atoms with van der Waals surface area (Å²) in [7, 11) is 0. The molecule has 1 aliphatic rings. The predicted octanol–water partition coefficient (Wildman–Crippen LogP) is 4.08. The van der Waals surface area contributed by atoms with Crippen molar-refractivity contribution in [2.45, 2.75) is 19.3 Å². The standard InChI is InChI=1S/C17H16O2/c18-15-8-4-13(5-9-15)17(12-2-1-3-12)14-6-10-16(19)11-7-14/h4-11,18-19H,1-3H2. The molecule has 0 saturated heterocycles. The third-order valence-electron chi connectivity index (χ3n) is 3.62. The summed E-state index contributed by atoms with van der Waals surface area (Å²) in [5.74, 6) is 0.569. The maximum Gasteiger partial charge on any atom is 0.115 e. The number of aromatic hydroxyl groups is 2. The number of benzene rings is 2. The minimum atomic E-state index is 0.285. The van der Waals surface area contributed by atoms with E-state index in [-0.39, 0.29) is 11.5 Å². The number of phenolic OH excluding ortho intramolecular Hbond substituents is 2. The Hall–Kier alpha value is -2.22. The molecule has 0 unspecified atom stereocenters. The van der Waals surface area contributed by atoms with Gasteiger partial charge in [0.2, 0.25) is 0 Å². The molecule has 2 aromatic carbocycles. The lowest BCUT2D eigenvalue weighted by Crippen LogP contribution is -2.03. The maximum atomic E-state index is 9.41. The van der Waals surface area contributed by atoms with E-state index in [1.54, 1.807) is 24.3 Å². The Bertz CT molecular complexity index is 553. The molecule has 1 aliphatic carbocycles. The first kappa shape index (κ1) is 11.8. The third-order valence-corrected chi connectivity index (χ3v) is 3.62. The molecule has 0 aromatic heterocycles. The van der Waals surface area contributed by atoms with E-state index in [0.29, 0.717) is 0 Å². The molecule has 0 atom stereocenters. The Morgan fingerprint density at radius 1 is 0.684 bits per heavy atom. The normalized spacial score (nSPS) is 14.0. The lowest BCUT2D eigenvalue weighted by molar-refractivity contribution is 0.475. The summed E-state index contributed by atoms with van der Waals surface area (Å²) in [5.41, 5.74) is 4.94. The second-order valence-electron chi connectivity index (χ2n) is 4.93. The van der Waals surface area contributed by atoms with Gasteiger partial charge < -0.3 is 10.2 Å². The van der Waals surface area contributed by atoms with Crippen LogP contribution in [0.3, 0.4) is 0 Å². The van der Waals surface area contributed by atoms with Gasteiger partial charge in [0, 0.05) is 0 Å². The molecule has 0 amide bonds. The fraction of sp³-hybridized carbons (Fsp3) is 0.176. The molecule has 19 heavy (non-hydrogen) atoms. The van der Waals surface area contributed by atoms with E-state index in [1.807, 2.05) is 24.3 Å². The quantitative estimate of drug-likeness (QED) is 0.845. The lowest BCUT2D eigenvalue weighted by Gasteiger charge is -2.23. The van der Waals surface area contributed by atoms with Crippen LogP contribution in [0.2, 0.25) is 0 Å². The fourth-order valence-electron chi connectivity index (χ4n) is 2.43. The van der Waals surface area contributed by atoms with Crippen LogP contribution in [-0.4, -0.2) is 10.2 Å². The zero-order valence-corrected chi connectivity index (χ0v) is 10.6. The molecule has 0 spiro atoms. The van der Waals surface area contributed by atoms with Gasteiger partial charge in [-0.15, -0.1) is 0 Å². The molecule has 2 nitrogen and oxygen atoms in total. The predicted molar refractivity (Wildman–Crippen MR) is 76.1 cm³/mol. The molecule has 1 fully saturated rings. The van der Waals surface area contributed by atoms with E-state index in [2.05, 4.69) is 0 Å². The van der Waals surface area contributed by atoms with Crippen LogP contribution in [0.25, 0.3) is 5.57 Å². The Labute approximate surface area is 112 Å². The Morgan fingerprint density at radius 3 is 1.42 bits per heavy atom. The van der Waals surface area contributed by atoms with Crippen molar-refractivity contribution >= 4 is 5.57 Å². The van der Waals surface area contributed by atoms with Crippen molar-refractivity contribution in [3.63, 3.8) is 0 Å². The van der Waals surface area contributed by atoms with Crippen LogP contribution in [0.4, 0.5) is 0 Å². The molecule has 0 radical (unpaired) electrons. The van der Waals surface area contributed by atoms with E-state index >= 15 is 0 Å². The highest BCUT2D eigenvalue weighted by Crippen LogP contribution is 2.38. The Morgan fingerprint density at radius 2 is 1.11 bits per heavy atom. The lowest BCUT2D eigenvalue weighted by atomic mass is 9.82. The van der Waals surface area contributed by atoms with Crippen molar-refractivity contribution in [1.82, 2.24) is 0 Å². The van der Waals surface area contributed by atoms with Crippen molar-refractivity contribution < 1.29 is 10.2 Å². The van der Waals surface area contributed by atoms with E-state index in [9.17, 15) is 10.2 Å². The van der Waals surface area contributed by atoms with Crippen LogP contribution in [-0.2, 0) is 0 Å². The first-order valence-corrected chi connectivity index (χ1v) is 6.55. The highest BCUT2D eigenvalue weighted by atomic mass is 16.3. The summed E-state index contributed by atoms with van der Waals surface area (Å²) in [4.78, 5) is 0. The van der Waals surface area contributed by atoms with E-state index in [0.717, 1.165) is 24.0 Å². The van der Waals surface area contributed by atoms with E-state index in [4.69, 9.17) is 0 Å². The zero-order valence-electron chi connectivity index (χ0n) is 10.6. The second kappa shape index (κ2) is 4.81. The SMILES string of the molecule is Oc1ccc(C(=C2CCC2)c2ccc(O)cc2)cc1. The van der Waals surface area contributed by atoms with Crippen LogP contribution in [0.5, 0.6) is 11.5 Å². The maximum absolute atomic E-state index is 9.41. The monoisotopic (exact) mass is 252 g/mol. The van der Waals surface area contributed by atoms with Crippen molar-refractivity contribution in [1.29, 1.82) is 0 Å². The summed E-state index contributed by atoms with van der Waals surface area (Å²) in [6.45, 7) is 0. The molecule has 3 rings (SSSR count). The summed E-state index contributed by atoms with van der Waals surface area (Å²) in [6.07, 6.45) is 3.52. The van der Waals surface area contributed by atoms with Gasteiger partial charge in [0.15, 0.2) is 0 Å². The molecule has 0 bridgehead atoms. The van der Waals surface area contributed by atoms with Gasteiger partial charge >= 0.3 is 0 Å². The van der Waals surface area contributed by atoms with Crippen molar-refractivity contribution in [3.05, 3.63) is 65.2 Å². The third kappa shape index (κ3) is 2.34. The summed E-state index contributed by atoms with van der Waals surface area (Å²) in [6, 6.07) is 14.7. The highest BCUT2D eigenvalue weighted by Gasteiger charge is 2.17. The van der Waals surface area contributed by atoms with Crippen LogP contribution in [0.1, 0.15) is 30.4 Å². The average Bonchev–Trinajstić information content (AvgIpc) is 2.36. The van der Waals surface area contributed by atoms with Gasteiger partial charge in [-0.2, -0.15) is 0 Å². The molecule has 2 N–H and O–H groups in total. The Kier molecular flexibility index (Phi) is 3.00. The van der Waals surface area contributed by atoms with Crippen LogP contribution >= 0.6 is 0 Å². The average molecular weight is 252 g/mol. The van der Waals surface area contributed by atoms with Gasteiger partial charge in [0.05, 0.1) is 0 Å². The molecule has 2 aromatic rings. The van der Waals surface area contributed by atoms with Gasteiger partial charge in [-0.25, -0.2) is 0 Å². The summed E-state index contributed by atoms with van der Waals surface area (Å²) >= 11 is 0. The van der Waals surface area contributed by atoms with Crippen LogP contribution < -0.4 is 0 Å². The van der Waals surface area contributed by atoms with Crippen molar-refractivity contribution in [2.75, 3.05) is 0 Å². The first-order chi connectivity index (χ1) is 9.24. The van der Waals surface area contributed by atoms with Crippen molar-refractivity contribution in [3.8, 4) is 11.5 Å². The molecule has 0 aliphatic heterocycles. The van der Waals surface area contributed by atoms with Gasteiger partial charge in [-0.05, 0) is 60.2 Å². The van der Waals surface area contributed by atoms with Gasteiger partial charge in [-0.1, -0.05) is 29.8 Å².